The lowest BCUT2D eigenvalue weighted by Gasteiger charge is -2.30. The Balaban J connectivity index is 1.48. The van der Waals surface area contributed by atoms with Crippen LogP contribution in [-0.4, -0.2) is 64.7 Å². The smallest absolute Gasteiger partial charge is 0.236 e. The van der Waals surface area contributed by atoms with Crippen LogP contribution in [0.1, 0.15) is 48.9 Å². The van der Waals surface area contributed by atoms with Crippen LogP contribution < -0.4 is 0 Å². The molecule has 0 radical (unpaired) electrons. The monoisotopic (exact) mass is 332 g/mol. The van der Waals surface area contributed by atoms with Gasteiger partial charge in [0, 0.05) is 25.8 Å². The molecule has 2 aliphatic heterocycles. The van der Waals surface area contributed by atoms with Gasteiger partial charge in [-0.1, -0.05) is 0 Å². The first kappa shape index (κ1) is 16.1. The van der Waals surface area contributed by atoms with E-state index in [2.05, 4.69) is 16.5 Å². The van der Waals surface area contributed by atoms with Gasteiger partial charge in [0.15, 0.2) is 0 Å². The summed E-state index contributed by atoms with van der Waals surface area (Å²) in [6.07, 6.45) is 7.06. The fourth-order valence-electron chi connectivity index (χ4n) is 4.40. The van der Waals surface area contributed by atoms with Crippen LogP contribution in [-0.2, 0) is 29.4 Å². The number of morpholine rings is 1. The molecule has 3 heterocycles. The number of amides is 1. The van der Waals surface area contributed by atoms with E-state index in [0.717, 1.165) is 45.3 Å². The maximum Gasteiger partial charge on any atom is 0.236 e. The van der Waals surface area contributed by atoms with E-state index in [9.17, 15) is 4.79 Å². The van der Waals surface area contributed by atoms with E-state index in [0.29, 0.717) is 25.8 Å². The Morgan fingerprint density at radius 2 is 1.96 bits per heavy atom. The van der Waals surface area contributed by atoms with Gasteiger partial charge in [-0.2, -0.15) is 0 Å². The largest absolute Gasteiger partial charge is 0.378 e. The third kappa shape index (κ3) is 2.97. The number of imidazole rings is 1. The van der Waals surface area contributed by atoms with Gasteiger partial charge in [0.05, 0.1) is 31.5 Å². The number of hydrogen-bond donors (Lipinski definition) is 0. The van der Waals surface area contributed by atoms with Crippen LogP contribution in [0.2, 0.25) is 0 Å². The Labute approximate surface area is 143 Å². The van der Waals surface area contributed by atoms with Crippen LogP contribution in [0.3, 0.4) is 0 Å². The van der Waals surface area contributed by atoms with Crippen molar-refractivity contribution in [3.05, 3.63) is 17.2 Å². The summed E-state index contributed by atoms with van der Waals surface area (Å²) in [6.45, 7) is 4.31. The van der Waals surface area contributed by atoms with E-state index in [-0.39, 0.29) is 5.91 Å². The molecule has 6 heteroatoms. The Morgan fingerprint density at radius 3 is 2.75 bits per heavy atom. The molecule has 1 amide bonds. The molecule has 1 aromatic rings. The highest BCUT2D eigenvalue weighted by molar-refractivity contribution is 5.78. The average Bonchev–Trinajstić information content (AvgIpc) is 3.20. The predicted octanol–water partition coefficient (Wildman–Crippen LogP) is 1.29. The highest BCUT2D eigenvalue weighted by Crippen LogP contribution is 2.33. The minimum Gasteiger partial charge on any atom is -0.378 e. The summed E-state index contributed by atoms with van der Waals surface area (Å²) in [5.74, 6) is 1.42. The highest BCUT2D eigenvalue weighted by atomic mass is 16.5. The number of hydrogen-bond acceptors (Lipinski definition) is 4. The number of fused-ring (bicyclic) bond motifs is 1. The molecule has 2 fully saturated rings. The first-order valence-corrected chi connectivity index (χ1v) is 9.38. The number of aromatic nitrogens is 2. The first-order valence-electron chi connectivity index (χ1n) is 9.38. The lowest BCUT2D eigenvalue weighted by Crippen LogP contribution is -2.45. The molecule has 1 atom stereocenters. The standard InChI is InChI=1S/C18H28N4O2/c1-20-15-6-3-2-5-14(15)19-18(20)16-7-4-8-22(16)13-17(23)21-9-11-24-12-10-21/h16H,2-13H2,1H3. The molecule has 24 heavy (non-hydrogen) atoms. The van der Waals surface area contributed by atoms with Crippen LogP contribution >= 0.6 is 0 Å². The van der Waals surface area contributed by atoms with E-state index in [1.54, 1.807) is 0 Å². The van der Waals surface area contributed by atoms with Gasteiger partial charge in [-0.15, -0.1) is 0 Å². The third-order valence-electron chi connectivity index (χ3n) is 5.77. The molecule has 1 aliphatic carbocycles. The van der Waals surface area contributed by atoms with Gasteiger partial charge >= 0.3 is 0 Å². The molecule has 0 spiro atoms. The lowest BCUT2D eigenvalue weighted by atomic mass is 10.0. The van der Waals surface area contributed by atoms with Gasteiger partial charge in [-0.3, -0.25) is 9.69 Å². The summed E-state index contributed by atoms with van der Waals surface area (Å²) < 4.78 is 7.67. The summed E-state index contributed by atoms with van der Waals surface area (Å²) in [5, 5.41) is 0. The van der Waals surface area contributed by atoms with Crippen molar-refractivity contribution in [1.29, 1.82) is 0 Å². The van der Waals surface area contributed by atoms with Crippen molar-refractivity contribution in [2.45, 2.75) is 44.6 Å². The second-order valence-electron chi connectivity index (χ2n) is 7.25. The predicted molar refractivity (Wildman–Crippen MR) is 90.8 cm³/mol. The second kappa shape index (κ2) is 6.84. The van der Waals surface area contributed by atoms with Crippen molar-refractivity contribution >= 4 is 5.91 Å². The number of nitrogens with zero attached hydrogens (tertiary/aromatic N) is 4. The highest BCUT2D eigenvalue weighted by Gasteiger charge is 2.33. The molecule has 6 nitrogen and oxygen atoms in total. The van der Waals surface area contributed by atoms with Crippen LogP contribution in [0.15, 0.2) is 0 Å². The summed E-state index contributed by atoms with van der Waals surface area (Å²) in [6, 6.07) is 0.297. The van der Waals surface area contributed by atoms with E-state index >= 15 is 0 Å². The molecule has 1 unspecified atom stereocenters. The molecule has 4 rings (SSSR count). The maximum atomic E-state index is 12.6. The number of carbonyl (C=O) groups excluding carboxylic acids is 1. The Bertz CT molecular complexity index is 606. The minimum absolute atomic E-state index is 0.240. The van der Waals surface area contributed by atoms with E-state index in [1.165, 1.54) is 30.1 Å². The van der Waals surface area contributed by atoms with Crippen LogP contribution in [0.4, 0.5) is 0 Å². The van der Waals surface area contributed by atoms with Crippen molar-refractivity contribution in [2.24, 2.45) is 7.05 Å². The fraction of sp³-hybridized carbons (Fsp3) is 0.778. The zero-order chi connectivity index (χ0) is 16.5. The van der Waals surface area contributed by atoms with Gasteiger partial charge in [-0.25, -0.2) is 4.98 Å². The van der Waals surface area contributed by atoms with Crippen LogP contribution in [0.25, 0.3) is 0 Å². The Morgan fingerprint density at radius 1 is 1.17 bits per heavy atom. The number of aryl methyl sites for hydroxylation is 1. The van der Waals surface area contributed by atoms with E-state index < -0.39 is 0 Å². The molecular weight excluding hydrogens is 304 g/mol. The van der Waals surface area contributed by atoms with Gasteiger partial charge in [0.25, 0.3) is 0 Å². The number of ether oxygens (including phenoxy) is 1. The lowest BCUT2D eigenvalue weighted by molar-refractivity contribution is -0.136. The average molecular weight is 332 g/mol. The Hall–Kier alpha value is -1.40. The van der Waals surface area contributed by atoms with Crippen molar-refractivity contribution in [3.8, 4) is 0 Å². The summed E-state index contributed by atoms with van der Waals surface area (Å²) in [4.78, 5) is 21.9. The van der Waals surface area contributed by atoms with Gasteiger partial charge in [0.1, 0.15) is 5.82 Å². The molecule has 0 aromatic carbocycles. The summed E-state index contributed by atoms with van der Waals surface area (Å²) in [7, 11) is 2.16. The normalized spacial score (nSPS) is 25.0. The van der Waals surface area contributed by atoms with Crippen LogP contribution in [0, 0.1) is 0 Å². The molecule has 0 saturated carbocycles. The van der Waals surface area contributed by atoms with Crippen molar-refractivity contribution in [3.63, 3.8) is 0 Å². The van der Waals surface area contributed by atoms with E-state index in [4.69, 9.17) is 9.72 Å². The maximum absolute atomic E-state index is 12.6. The van der Waals surface area contributed by atoms with Crippen LogP contribution in [0.5, 0.6) is 0 Å². The molecule has 1 aromatic heterocycles. The summed E-state index contributed by atoms with van der Waals surface area (Å²) in [5.41, 5.74) is 2.72. The number of rotatable bonds is 3. The summed E-state index contributed by atoms with van der Waals surface area (Å²) >= 11 is 0. The first-order chi connectivity index (χ1) is 11.7. The molecule has 0 N–H and O–H groups in total. The molecule has 3 aliphatic rings. The molecule has 132 valence electrons. The second-order valence-corrected chi connectivity index (χ2v) is 7.25. The quantitative estimate of drug-likeness (QED) is 0.837. The molecule has 2 saturated heterocycles. The van der Waals surface area contributed by atoms with Crippen molar-refractivity contribution in [1.82, 2.24) is 19.4 Å². The zero-order valence-electron chi connectivity index (χ0n) is 14.7. The topological polar surface area (TPSA) is 50.6 Å². The zero-order valence-corrected chi connectivity index (χ0v) is 14.7. The van der Waals surface area contributed by atoms with Gasteiger partial charge in [0.2, 0.25) is 5.91 Å². The SMILES string of the molecule is Cn1c(C2CCCN2CC(=O)N2CCOCC2)nc2c1CCCC2. The fourth-order valence-corrected chi connectivity index (χ4v) is 4.40. The van der Waals surface area contributed by atoms with Gasteiger partial charge < -0.3 is 14.2 Å². The number of likely N-dealkylation sites (tertiary alicyclic amines) is 1. The van der Waals surface area contributed by atoms with Crippen molar-refractivity contribution in [2.75, 3.05) is 39.4 Å². The Kier molecular flexibility index (Phi) is 4.59. The molecule has 0 bridgehead atoms. The van der Waals surface area contributed by atoms with E-state index in [1.807, 2.05) is 4.90 Å². The van der Waals surface area contributed by atoms with Crippen molar-refractivity contribution < 1.29 is 9.53 Å². The minimum atomic E-state index is 0.240. The third-order valence-corrected chi connectivity index (χ3v) is 5.77. The van der Waals surface area contributed by atoms with Gasteiger partial charge in [-0.05, 0) is 45.1 Å². The number of carbonyl (C=O) groups is 1. The molecular formula is C18H28N4O2.